The van der Waals surface area contributed by atoms with Crippen molar-refractivity contribution >= 4 is 0 Å². The Hall–Kier alpha value is -1.22. The van der Waals surface area contributed by atoms with Crippen molar-refractivity contribution in [2.24, 2.45) is 5.73 Å². The Morgan fingerprint density at radius 1 is 1.05 bits per heavy atom. The van der Waals surface area contributed by atoms with Crippen molar-refractivity contribution in [2.45, 2.75) is 64.8 Å². The van der Waals surface area contributed by atoms with E-state index in [4.69, 9.17) is 15.2 Å². The molecule has 0 aliphatic carbocycles. The van der Waals surface area contributed by atoms with E-state index in [-0.39, 0.29) is 6.04 Å². The van der Waals surface area contributed by atoms with E-state index in [1.54, 1.807) is 7.11 Å². The van der Waals surface area contributed by atoms with E-state index in [9.17, 15) is 0 Å². The summed E-state index contributed by atoms with van der Waals surface area (Å²) in [7, 11) is 1.67. The van der Waals surface area contributed by atoms with Gasteiger partial charge in [0, 0.05) is 17.7 Å². The van der Waals surface area contributed by atoms with Gasteiger partial charge in [-0.2, -0.15) is 0 Å². The number of rotatable bonds is 11. The first-order valence-corrected chi connectivity index (χ1v) is 8.25. The minimum Gasteiger partial charge on any atom is -0.497 e. The lowest BCUT2D eigenvalue weighted by atomic mass is 10.1. The Balaban J connectivity index is 2.33. The molecule has 2 N–H and O–H groups in total. The normalized spacial score (nSPS) is 12.2. The van der Waals surface area contributed by atoms with Gasteiger partial charge in [0.05, 0.1) is 13.7 Å². The van der Waals surface area contributed by atoms with Crippen LogP contribution in [0.4, 0.5) is 0 Å². The van der Waals surface area contributed by atoms with Crippen LogP contribution in [0.5, 0.6) is 11.5 Å². The van der Waals surface area contributed by atoms with E-state index in [0.717, 1.165) is 30.1 Å². The van der Waals surface area contributed by atoms with E-state index in [2.05, 4.69) is 6.92 Å². The fraction of sp³-hybridized carbons (Fsp3) is 0.667. The van der Waals surface area contributed by atoms with Gasteiger partial charge in [-0.05, 0) is 19.4 Å². The summed E-state index contributed by atoms with van der Waals surface area (Å²) < 4.78 is 11.2. The van der Waals surface area contributed by atoms with Crippen molar-refractivity contribution in [1.29, 1.82) is 0 Å². The Kier molecular flexibility index (Phi) is 8.91. The fourth-order valence-electron chi connectivity index (χ4n) is 2.38. The highest BCUT2D eigenvalue weighted by molar-refractivity contribution is 5.42. The number of nitrogens with two attached hydrogens (primary N) is 1. The van der Waals surface area contributed by atoms with Gasteiger partial charge in [-0.3, -0.25) is 0 Å². The molecule has 0 bridgehead atoms. The molecule has 0 fully saturated rings. The zero-order chi connectivity index (χ0) is 15.5. The molecule has 0 aliphatic rings. The van der Waals surface area contributed by atoms with Gasteiger partial charge in [0.1, 0.15) is 11.5 Å². The molecule has 0 aliphatic heterocycles. The maximum Gasteiger partial charge on any atom is 0.127 e. The van der Waals surface area contributed by atoms with Gasteiger partial charge < -0.3 is 15.2 Å². The van der Waals surface area contributed by atoms with Crippen molar-refractivity contribution in [3.63, 3.8) is 0 Å². The van der Waals surface area contributed by atoms with Gasteiger partial charge in [0.2, 0.25) is 0 Å². The quantitative estimate of drug-likeness (QED) is 0.593. The summed E-state index contributed by atoms with van der Waals surface area (Å²) >= 11 is 0. The number of benzene rings is 1. The highest BCUT2D eigenvalue weighted by Gasteiger charge is 2.09. The van der Waals surface area contributed by atoms with Crippen LogP contribution >= 0.6 is 0 Å². The van der Waals surface area contributed by atoms with Crippen LogP contribution in [0.2, 0.25) is 0 Å². The molecule has 21 heavy (non-hydrogen) atoms. The summed E-state index contributed by atoms with van der Waals surface area (Å²) in [5, 5.41) is 0. The van der Waals surface area contributed by atoms with Crippen LogP contribution < -0.4 is 15.2 Å². The number of ether oxygens (including phenoxy) is 2. The second-order valence-electron chi connectivity index (χ2n) is 5.66. The summed E-state index contributed by atoms with van der Waals surface area (Å²) in [4.78, 5) is 0. The van der Waals surface area contributed by atoms with Crippen LogP contribution in [0.15, 0.2) is 18.2 Å². The SMILES string of the molecule is CCCCCCCCCOc1cc(OC)ccc1[C@@H](C)N. The maximum atomic E-state index is 5.98. The molecule has 120 valence electrons. The zero-order valence-electron chi connectivity index (χ0n) is 13.9. The van der Waals surface area contributed by atoms with Gasteiger partial charge >= 0.3 is 0 Å². The third kappa shape index (κ3) is 6.85. The van der Waals surface area contributed by atoms with Crippen LogP contribution in [-0.4, -0.2) is 13.7 Å². The van der Waals surface area contributed by atoms with Crippen LogP contribution in [-0.2, 0) is 0 Å². The Morgan fingerprint density at radius 3 is 2.33 bits per heavy atom. The maximum absolute atomic E-state index is 5.98. The minimum absolute atomic E-state index is 0.0278. The molecule has 0 radical (unpaired) electrons. The van der Waals surface area contributed by atoms with Crippen molar-refractivity contribution in [1.82, 2.24) is 0 Å². The average Bonchev–Trinajstić information content (AvgIpc) is 2.49. The zero-order valence-corrected chi connectivity index (χ0v) is 13.9. The summed E-state index contributed by atoms with van der Waals surface area (Å²) in [6.45, 7) is 4.97. The number of hydrogen-bond acceptors (Lipinski definition) is 3. The van der Waals surface area contributed by atoms with E-state index >= 15 is 0 Å². The first-order chi connectivity index (χ1) is 10.2. The van der Waals surface area contributed by atoms with Crippen LogP contribution in [0.3, 0.4) is 0 Å². The molecule has 0 heterocycles. The number of methoxy groups -OCH3 is 1. The van der Waals surface area contributed by atoms with Crippen molar-refractivity contribution < 1.29 is 9.47 Å². The lowest BCUT2D eigenvalue weighted by Crippen LogP contribution is -2.09. The van der Waals surface area contributed by atoms with Crippen molar-refractivity contribution in [2.75, 3.05) is 13.7 Å². The average molecular weight is 293 g/mol. The standard InChI is InChI=1S/C18H31NO2/c1-4-5-6-7-8-9-10-13-21-18-14-16(20-3)11-12-17(18)15(2)19/h11-12,14-15H,4-10,13,19H2,1-3H3/t15-/m1/s1. The van der Waals surface area contributed by atoms with Gasteiger partial charge in [-0.1, -0.05) is 51.5 Å². The van der Waals surface area contributed by atoms with Crippen LogP contribution in [0.25, 0.3) is 0 Å². The highest BCUT2D eigenvalue weighted by Crippen LogP contribution is 2.28. The van der Waals surface area contributed by atoms with E-state index < -0.39 is 0 Å². The molecule has 1 atom stereocenters. The predicted octanol–water partition coefficient (Wildman–Crippen LogP) is 4.84. The molecular weight excluding hydrogens is 262 g/mol. The third-order valence-corrected chi connectivity index (χ3v) is 3.72. The Morgan fingerprint density at radius 2 is 1.71 bits per heavy atom. The van der Waals surface area contributed by atoms with E-state index in [1.165, 1.54) is 38.5 Å². The Bertz CT molecular complexity index is 391. The molecule has 0 spiro atoms. The van der Waals surface area contributed by atoms with Gasteiger partial charge in [-0.15, -0.1) is 0 Å². The fourth-order valence-corrected chi connectivity index (χ4v) is 2.38. The first-order valence-electron chi connectivity index (χ1n) is 8.25. The molecule has 3 nitrogen and oxygen atoms in total. The first kappa shape index (κ1) is 17.8. The topological polar surface area (TPSA) is 44.5 Å². The minimum atomic E-state index is -0.0278. The molecule has 1 aromatic rings. The molecule has 0 amide bonds. The molecular formula is C18H31NO2. The summed E-state index contributed by atoms with van der Waals surface area (Å²) in [6, 6.07) is 5.82. The largest absolute Gasteiger partial charge is 0.497 e. The number of hydrogen-bond donors (Lipinski definition) is 1. The third-order valence-electron chi connectivity index (χ3n) is 3.72. The monoisotopic (exact) mass is 293 g/mol. The van der Waals surface area contributed by atoms with Gasteiger partial charge in [0.25, 0.3) is 0 Å². The second kappa shape index (κ2) is 10.5. The van der Waals surface area contributed by atoms with Gasteiger partial charge in [-0.25, -0.2) is 0 Å². The highest BCUT2D eigenvalue weighted by atomic mass is 16.5. The van der Waals surface area contributed by atoms with Gasteiger partial charge in [0.15, 0.2) is 0 Å². The molecule has 0 saturated carbocycles. The van der Waals surface area contributed by atoms with E-state index in [0.29, 0.717) is 0 Å². The summed E-state index contributed by atoms with van der Waals surface area (Å²) in [5.74, 6) is 1.67. The summed E-state index contributed by atoms with van der Waals surface area (Å²) in [6.07, 6.45) is 9.02. The molecule has 0 saturated heterocycles. The summed E-state index contributed by atoms with van der Waals surface area (Å²) in [5.41, 5.74) is 7.02. The van der Waals surface area contributed by atoms with Crippen LogP contribution in [0, 0.1) is 0 Å². The predicted molar refractivity (Wildman–Crippen MR) is 89.1 cm³/mol. The molecule has 1 aromatic carbocycles. The lowest BCUT2D eigenvalue weighted by Gasteiger charge is -2.15. The lowest BCUT2D eigenvalue weighted by molar-refractivity contribution is 0.298. The molecule has 0 unspecified atom stereocenters. The second-order valence-corrected chi connectivity index (χ2v) is 5.66. The van der Waals surface area contributed by atoms with Crippen molar-refractivity contribution in [3.8, 4) is 11.5 Å². The van der Waals surface area contributed by atoms with E-state index in [1.807, 2.05) is 25.1 Å². The molecule has 3 heteroatoms. The Labute approximate surface area is 129 Å². The number of unbranched alkanes of at least 4 members (excludes halogenated alkanes) is 6. The molecule has 1 rings (SSSR count). The van der Waals surface area contributed by atoms with Crippen LogP contribution in [0.1, 0.15) is 70.4 Å². The smallest absolute Gasteiger partial charge is 0.127 e. The molecule has 0 aromatic heterocycles. The van der Waals surface area contributed by atoms with Crippen molar-refractivity contribution in [3.05, 3.63) is 23.8 Å².